The Labute approximate surface area is 98.1 Å². The van der Waals surface area contributed by atoms with Gasteiger partial charge in [0.15, 0.2) is 0 Å². The van der Waals surface area contributed by atoms with Crippen LogP contribution in [0.1, 0.15) is 5.56 Å². The van der Waals surface area contributed by atoms with Gasteiger partial charge in [0.1, 0.15) is 6.54 Å². The highest BCUT2D eigenvalue weighted by molar-refractivity contribution is 5.39. The lowest BCUT2D eigenvalue weighted by molar-refractivity contribution is 0.122. The predicted molar refractivity (Wildman–Crippen MR) is 62.0 cm³/mol. The smallest absolute Gasteiger partial charge is 0.257 e. The van der Waals surface area contributed by atoms with E-state index in [1.165, 1.54) is 4.68 Å². The summed E-state index contributed by atoms with van der Waals surface area (Å²) in [6.45, 7) is 0.286. The maximum absolute atomic E-state index is 12.1. The van der Waals surface area contributed by atoms with E-state index in [-0.39, 0.29) is 6.54 Å². The monoisotopic (exact) mass is 237 g/mol. The molecule has 2 aromatic rings. The third-order valence-corrected chi connectivity index (χ3v) is 2.30. The summed E-state index contributed by atoms with van der Waals surface area (Å²) in [5, 5.41) is 6.97. The summed E-state index contributed by atoms with van der Waals surface area (Å²) in [4.78, 5) is 0. The molecule has 0 aliphatic carbocycles. The van der Waals surface area contributed by atoms with Crippen molar-refractivity contribution in [2.24, 2.45) is 0 Å². The van der Waals surface area contributed by atoms with E-state index < -0.39 is 6.43 Å². The molecule has 0 saturated carbocycles. The Morgan fingerprint density at radius 1 is 1.24 bits per heavy atom. The van der Waals surface area contributed by atoms with Crippen LogP contribution in [0.3, 0.4) is 0 Å². The molecule has 5 heteroatoms. The first kappa shape index (κ1) is 11.6. The number of hydrogen-bond acceptors (Lipinski definition) is 2. The normalized spacial score (nSPS) is 10.8. The van der Waals surface area contributed by atoms with Gasteiger partial charge in [-0.15, -0.1) is 0 Å². The molecule has 0 saturated heterocycles. The Morgan fingerprint density at radius 3 is 2.71 bits per heavy atom. The van der Waals surface area contributed by atoms with Crippen LogP contribution in [-0.4, -0.2) is 16.2 Å². The van der Waals surface area contributed by atoms with Gasteiger partial charge in [-0.3, -0.25) is 4.68 Å². The first-order chi connectivity index (χ1) is 8.24. The molecular weight excluding hydrogens is 224 g/mol. The number of benzene rings is 1. The zero-order chi connectivity index (χ0) is 12.1. The van der Waals surface area contributed by atoms with Crippen LogP contribution in [0.5, 0.6) is 0 Å². The van der Waals surface area contributed by atoms with Crippen molar-refractivity contribution in [2.75, 3.05) is 5.32 Å². The second-order valence-electron chi connectivity index (χ2n) is 3.68. The molecule has 0 amide bonds. The number of nitrogens with zero attached hydrogens (tertiary/aromatic N) is 2. The average molecular weight is 237 g/mol. The molecule has 0 aliphatic heterocycles. The molecule has 1 aromatic carbocycles. The Morgan fingerprint density at radius 2 is 2.00 bits per heavy atom. The number of aromatic nitrogens is 2. The van der Waals surface area contributed by atoms with E-state index in [1.807, 2.05) is 30.3 Å². The number of rotatable bonds is 5. The fourth-order valence-electron chi connectivity index (χ4n) is 1.50. The van der Waals surface area contributed by atoms with E-state index >= 15 is 0 Å². The van der Waals surface area contributed by atoms with Crippen molar-refractivity contribution >= 4 is 5.69 Å². The lowest BCUT2D eigenvalue weighted by Gasteiger charge is -2.03. The van der Waals surface area contributed by atoms with Crippen molar-refractivity contribution in [1.29, 1.82) is 0 Å². The Hall–Kier alpha value is -1.91. The molecule has 1 aromatic heterocycles. The van der Waals surface area contributed by atoms with Crippen LogP contribution >= 0.6 is 0 Å². The predicted octanol–water partition coefficient (Wildman–Crippen LogP) is 2.76. The van der Waals surface area contributed by atoms with Gasteiger partial charge in [-0.2, -0.15) is 5.10 Å². The second-order valence-corrected chi connectivity index (χ2v) is 3.68. The molecule has 0 atom stereocenters. The van der Waals surface area contributed by atoms with Crippen molar-refractivity contribution < 1.29 is 8.78 Å². The number of halogens is 2. The average Bonchev–Trinajstić information content (AvgIpc) is 2.75. The summed E-state index contributed by atoms with van der Waals surface area (Å²) < 4.78 is 25.4. The van der Waals surface area contributed by atoms with Crippen LogP contribution in [0.25, 0.3) is 0 Å². The van der Waals surface area contributed by atoms with E-state index in [0.717, 1.165) is 11.3 Å². The summed E-state index contributed by atoms with van der Waals surface area (Å²) in [6, 6.07) is 9.85. The van der Waals surface area contributed by atoms with E-state index in [1.54, 1.807) is 12.4 Å². The van der Waals surface area contributed by atoms with Crippen LogP contribution in [0.4, 0.5) is 14.5 Å². The molecule has 3 nitrogen and oxygen atoms in total. The van der Waals surface area contributed by atoms with Crippen LogP contribution in [0.2, 0.25) is 0 Å². The van der Waals surface area contributed by atoms with Gasteiger partial charge in [0, 0.05) is 12.7 Å². The van der Waals surface area contributed by atoms with Crippen molar-refractivity contribution in [3.05, 3.63) is 48.3 Å². The van der Waals surface area contributed by atoms with E-state index in [2.05, 4.69) is 10.4 Å². The molecule has 0 spiro atoms. The van der Waals surface area contributed by atoms with Crippen molar-refractivity contribution in [3.8, 4) is 0 Å². The Kier molecular flexibility index (Phi) is 3.69. The van der Waals surface area contributed by atoms with Crippen LogP contribution in [0, 0.1) is 0 Å². The molecule has 1 heterocycles. The van der Waals surface area contributed by atoms with Gasteiger partial charge in [0.05, 0.1) is 11.9 Å². The summed E-state index contributed by atoms with van der Waals surface area (Å²) >= 11 is 0. The molecule has 0 unspecified atom stereocenters. The van der Waals surface area contributed by atoms with Gasteiger partial charge >= 0.3 is 0 Å². The fraction of sp³-hybridized carbons (Fsp3) is 0.250. The molecular formula is C12H13F2N3. The topological polar surface area (TPSA) is 29.9 Å². The van der Waals surface area contributed by atoms with Gasteiger partial charge in [0.2, 0.25) is 0 Å². The van der Waals surface area contributed by atoms with Gasteiger partial charge in [-0.25, -0.2) is 8.78 Å². The zero-order valence-electron chi connectivity index (χ0n) is 9.18. The highest BCUT2D eigenvalue weighted by atomic mass is 19.3. The molecule has 0 radical (unpaired) electrons. The van der Waals surface area contributed by atoms with Gasteiger partial charge in [-0.1, -0.05) is 30.3 Å². The summed E-state index contributed by atoms with van der Waals surface area (Å²) in [5.41, 5.74) is 1.88. The standard InChI is InChI=1S/C12H13F2N3/c13-12(14)9-17-8-11(7-16-17)15-6-10-4-2-1-3-5-10/h1-5,7-8,12,15H,6,9H2. The van der Waals surface area contributed by atoms with Gasteiger partial charge < -0.3 is 5.32 Å². The van der Waals surface area contributed by atoms with E-state index in [9.17, 15) is 8.78 Å². The van der Waals surface area contributed by atoms with Crippen LogP contribution < -0.4 is 5.32 Å². The lowest BCUT2D eigenvalue weighted by Crippen LogP contribution is -2.06. The third-order valence-electron chi connectivity index (χ3n) is 2.30. The maximum atomic E-state index is 12.1. The third kappa shape index (κ3) is 3.55. The number of nitrogens with one attached hydrogen (secondary N) is 1. The van der Waals surface area contributed by atoms with Crippen molar-refractivity contribution in [1.82, 2.24) is 9.78 Å². The zero-order valence-corrected chi connectivity index (χ0v) is 9.18. The van der Waals surface area contributed by atoms with E-state index in [4.69, 9.17) is 0 Å². The summed E-state index contributed by atoms with van der Waals surface area (Å²) in [7, 11) is 0. The Balaban J connectivity index is 1.89. The molecule has 0 fully saturated rings. The molecule has 2 rings (SSSR count). The number of anilines is 1. The number of alkyl halides is 2. The van der Waals surface area contributed by atoms with Gasteiger partial charge in [-0.05, 0) is 5.56 Å². The largest absolute Gasteiger partial charge is 0.378 e. The number of hydrogen-bond donors (Lipinski definition) is 1. The van der Waals surface area contributed by atoms with E-state index in [0.29, 0.717) is 6.54 Å². The first-order valence-corrected chi connectivity index (χ1v) is 5.32. The summed E-state index contributed by atoms with van der Waals surface area (Å²) in [5.74, 6) is 0. The fourth-order valence-corrected chi connectivity index (χ4v) is 1.50. The van der Waals surface area contributed by atoms with Crippen LogP contribution in [-0.2, 0) is 13.1 Å². The highest BCUT2D eigenvalue weighted by Gasteiger charge is 2.05. The van der Waals surface area contributed by atoms with Crippen molar-refractivity contribution in [2.45, 2.75) is 19.5 Å². The van der Waals surface area contributed by atoms with Crippen molar-refractivity contribution in [3.63, 3.8) is 0 Å². The highest BCUT2D eigenvalue weighted by Crippen LogP contribution is 2.09. The molecule has 0 aliphatic rings. The van der Waals surface area contributed by atoms with Gasteiger partial charge in [0.25, 0.3) is 6.43 Å². The lowest BCUT2D eigenvalue weighted by atomic mass is 10.2. The van der Waals surface area contributed by atoms with Crippen LogP contribution in [0.15, 0.2) is 42.7 Å². The molecule has 17 heavy (non-hydrogen) atoms. The quantitative estimate of drug-likeness (QED) is 0.866. The second kappa shape index (κ2) is 5.43. The Bertz CT molecular complexity index is 454. The summed E-state index contributed by atoms with van der Waals surface area (Å²) in [6.07, 6.45) is 0.748. The molecule has 0 bridgehead atoms. The minimum atomic E-state index is -2.38. The SMILES string of the molecule is FC(F)Cn1cc(NCc2ccccc2)cn1. The molecule has 1 N–H and O–H groups in total. The minimum Gasteiger partial charge on any atom is -0.378 e. The maximum Gasteiger partial charge on any atom is 0.257 e. The molecule has 90 valence electrons. The first-order valence-electron chi connectivity index (χ1n) is 5.32. The minimum absolute atomic E-state index is 0.368.